The SMILES string of the molecule is CCCCN(CC)C(=O)CCC(CCC)CCN. The molecule has 108 valence electrons. The maximum atomic E-state index is 12.1. The fourth-order valence-electron chi connectivity index (χ4n) is 2.37. The molecule has 0 aliphatic heterocycles. The van der Waals surface area contributed by atoms with Crippen LogP contribution in [0, 0.1) is 5.92 Å². The van der Waals surface area contributed by atoms with Crippen LogP contribution in [0.1, 0.15) is 65.7 Å². The van der Waals surface area contributed by atoms with E-state index in [1.165, 1.54) is 12.8 Å². The number of carbonyl (C=O) groups excluding carboxylic acids is 1. The van der Waals surface area contributed by atoms with Gasteiger partial charge in [-0.1, -0.05) is 33.1 Å². The van der Waals surface area contributed by atoms with E-state index in [0.29, 0.717) is 18.2 Å². The Morgan fingerprint density at radius 3 is 2.33 bits per heavy atom. The summed E-state index contributed by atoms with van der Waals surface area (Å²) in [5.74, 6) is 0.956. The summed E-state index contributed by atoms with van der Waals surface area (Å²) in [6, 6.07) is 0. The van der Waals surface area contributed by atoms with Gasteiger partial charge in [0.2, 0.25) is 5.91 Å². The number of carbonyl (C=O) groups is 1. The van der Waals surface area contributed by atoms with Crippen LogP contribution in [0.3, 0.4) is 0 Å². The van der Waals surface area contributed by atoms with Gasteiger partial charge in [0.1, 0.15) is 0 Å². The molecule has 1 amide bonds. The van der Waals surface area contributed by atoms with Crippen LogP contribution in [0.2, 0.25) is 0 Å². The number of amides is 1. The molecule has 0 saturated heterocycles. The van der Waals surface area contributed by atoms with Gasteiger partial charge < -0.3 is 10.6 Å². The van der Waals surface area contributed by atoms with E-state index < -0.39 is 0 Å². The Bertz CT molecular complexity index is 201. The maximum Gasteiger partial charge on any atom is 0.222 e. The van der Waals surface area contributed by atoms with Gasteiger partial charge in [-0.05, 0) is 38.6 Å². The van der Waals surface area contributed by atoms with Crippen molar-refractivity contribution in [3.8, 4) is 0 Å². The Kier molecular flexibility index (Phi) is 11.2. The summed E-state index contributed by atoms with van der Waals surface area (Å²) in [5, 5.41) is 0. The summed E-state index contributed by atoms with van der Waals surface area (Å²) >= 11 is 0. The van der Waals surface area contributed by atoms with Crippen LogP contribution in [0.4, 0.5) is 0 Å². The Morgan fingerprint density at radius 1 is 1.11 bits per heavy atom. The fourth-order valence-corrected chi connectivity index (χ4v) is 2.37. The molecule has 0 aliphatic carbocycles. The molecule has 1 atom stereocenters. The smallest absolute Gasteiger partial charge is 0.222 e. The van der Waals surface area contributed by atoms with Crippen molar-refractivity contribution in [3.63, 3.8) is 0 Å². The van der Waals surface area contributed by atoms with E-state index in [2.05, 4.69) is 20.8 Å². The van der Waals surface area contributed by atoms with E-state index in [1.807, 2.05) is 4.90 Å². The molecule has 2 N–H and O–H groups in total. The van der Waals surface area contributed by atoms with Gasteiger partial charge in [0.05, 0.1) is 0 Å². The van der Waals surface area contributed by atoms with Gasteiger partial charge in [-0.15, -0.1) is 0 Å². The minimum absolute atomic E-state index is 0.323. The first kappa shape index (κ1) is 17.4. The third kappa shape index (κ3) is 7.70. The highest BCUT2D eigenvalue weighted by molar-refractivity contribution is 5.76. The third-order valence-corrected chi connectivity index (χ3v) is 3.55. The van der Waals surface area contributed by atoms with Crippen molar-refractivity contribution < 1.29 is 4.79 Å². The van der Waals surface area contributed by atoms with Crippen LogP contribution in [0.25, 0.3) is 0 Å². The molecule has 1 unspecified atom stereocenters. The van der Waals surface area contributed by atoms with Gasteiger partial charge in [-0.3, -0.25) is 4.79 Å². The van der Waals surface area contributed by atoms with E-state index in [9.17, 15) is 4.79 Å². The standard InChI is InChI=1S/C15H32N2O/c1-4-7-13-17(6-3)15(18)10-9-14(8-5-2)11-12-16/h14H,4-13,16H2,1-3H3. The monoisotopic (exact) mass is 256 g/mol. The Hall–Kier alpha value is -0.570. The molecule has 0 aromatic carbocycles. The third-order valence-electron chi connectivity index (χ3n) is 3.55. The molecule has 0 aromatic heterocycles. The number of rotatable bonds is 11. The number of hydrogen-bond acceptors (Lipinski definition) is 2. The van der Waals surface area contributed by atoms with Gasteiger partial charge >= 0.3 is 0 Å². The highest BCUT2D eigenvalue weighted by atomic mass is 16.2. The summed E-state index contributed by atoms with van der Waals surface area (Å²) in [4.78, 5) is 14.1. The topological polar surface area (TPSA) is 46.3 Å². The molecule has 18 heavy (non-hydrogen) atoms. The largest absolute Gasteiger partial charge is 0.343 e. The zero-order valence-corrected chi connectivity index (χ0v) is 12.6. The number of nitrogens with zero attached hydrogens (tertiary/aromatic N) is 1. The molecule has 0 fully saturated rings. The quantitative estimate of drug-likeness (QED) is 0.617. The average Bonchev–Trinajstić information content (AvgIpc) is 2.37. The second kappa shape index (κ2) is 11.5. The van der Waals surface area contributed by atoms with Crippen molar-refractivity contribution in [3.05, 3.63) is 0 Å². The fraction of sp³-hybridized carbons (Fsp3) is 0.933. The van der Waals surface area contributed by atoms with Crippen molar-refractivity contribution in [2.24, 2.45) is 11.7 Å². The molecule has 0 saturated carbocycles. The van der Waals surface area contributed by atoms with Crippen molar-refractivity contribution in [2.75, 3.05) is 19.6 Å². The summed E-state index contributed by atoms with van der Waals surface area (Å²) in [6.45, 7) is 8.93. The number of unbranched alkanes of at least 4 members (excludes halogenated alkanes) is 1. The van der Waals surface area contributed by atoms with Crippen LogP contribution >= 0.6 is 0 Å². The Labute approximate surface area is 113 Å². The first-order valence-corrected chi connectivity index (χ1v) is 7.67. The molecular weight excluding hydrogens is 224 g/mol. The first-order chi connectivity index (χ1) is 8.69. The lowest BCUT2D eigenvalue weighted by molar-refractivity contribution is -0.131. The molecule has 0 spiro atoms. The average molecular weight is 256 g/mol. The minimum atomic E-state index is 0.323. The van der Waals surface area contributed by atoms with Gasteiger partial charge in [0.15, 0.2) is 0 Å². The van der Waals surface area contributed by atoms with Gasteiger partial charge in [0, 0.05) is 19.5 Å². The minimum Gasteiger partial charge on any atom is -0.343 e. The Morgan fingerprint density at radius 2 is 1.83 bits per heavy atom. The van der Waals surface area contributed by atoms with E-state index in [0.717, 1.165) is 45.3 Å². The molecule has 3 nitrogen and oxygen atoms in total. The van der Waals surface area contributed by atoms with Crippen LogP contribution in [-0.4, -0.2) is 30.4 Å². The predicted octanol–water partition coefficient (Wildman–Crippen LogP) is 3.18. The highest BCUT2D eigenvalue weighted by Crippen LogP contribution is 2.17. The van der Waals surface area contributed by atoms with Crippen molar-refractivity contribution in [2.45, 2.75) is 65.7 Å². The lowest BCUT2D eigenvalue weighted by Gasteiger charge is -2.22. The van der Waals surface area contributed by atoms with E-state index in [4.69, 9.17) is 5.73 Å². The van der Waals surface area contributed by atoms with E-state index >= 15 is 0 Å². The van der Waals surface area contributed by atoms with Crippen molar-refractivity contribution in [1.29, 1.82) is 0 Å². The van der Waals surface area contributed by atoms with Gasteiger partial charge in [-0.25, -0.2) is 0 Å². The van der Waals surface area contributed by atoms with E-state index in [1.54, 1.807) is 0 Å². The maximum absolute atomic E-state index is 12.1. The Balaban J connectivity index is 4.02. The highest BCUT2D eigenvalue weighted by Gasteiger charge is 2.14. The van der Waals surface area contributed by atoms with Crippen molar-refractivity contribution in [1.82, 2.24) is 4.90 Å². The molecular formula is C15H32N2O. The summed E-state index contributed by atoms with van der Waals surface area (Å²) in [5.41, 5.74) is 5.62. The molecule has 0 rings (SSSR count). The van der Waals surface area contributed by atoms with Gasteiger partial charge in [-0.2, -0.15) is 0 Å². The zero-order chi connectivity index (χ0) is 13.8. The molecule has 0 radical (unpaired) electrons. The van der Waals surface area contributed by atoms with E-state index in [-0.39, 0.29) is 0 Å². The first-order valence-electron chi connectivity index (χ1n) is 7.67. The predicted molar refractivity (Wildman–Crippen MR) is 78.5 cm³/mol. The second-order valence-corrected chi connectivity index (χ2v) is 5.10. The summed E-state index contributed by atoms with van der Waals surface area (Å²) < 4.78 is 0. The molecule has 0 bridgehead atoms. The lowest BCUT2D eigenvalue weighted by atomic mass is 9.94. The van der Waals surface area contributed by atoms with Crippen LogP contribution in [-0.2, 0) is 4.79 Å². The summed E-state index contributed by atoms with van der Waals surface area (Å²) in [7, 11) is 0. The van der Waals surface area contributed by atoms with Crippen LogP contribution in [0.15, 0.2) is 0 Å². The second-order valence-electron chi connectivity index (χ2n) is 5.10. The molecule has 0 heterocycles. The number of hydrogen-bond donors (Lipinski definition) is 1. The number of nitrogens with two attached hydrogens (primary N) is 1. The molecule has 0 aromatic rings. The van der Waals surface area contributed by atoms with Gasteiger partial charge in [0.25, 0.3) is 0 Å². The van der Waals surface area contributed by atoms with Crippen LogP contribution in [0.5, 0.6) is 0 Å². The van der Waals surface area contributed by atoms with Crippen LogP contribution < -0.4 is 5.73 Å². The lowest BCUT2D eigenvalue weighted by Crippen LogP contribution is -2.32. The zero-order valence-electron chi connectivity index (χ0n) is 12.6. The normalized spacial score (nSPS) is 12.4. The molecule has 3 heteroatoms. The summed E-state index contributed by atoms with van der Waals surface area (Å²) in [6.07, 6.45) is 7.41. The molecule has 0 aliphatic rings. The van der Waals surface area contributed by atoms with Crippen molar-refractivity contribution >= 4 is 5.91 Å².